The van der Waals surface area contributed by atoms with Gasteiger partial charge in [-0.05, 0) is 40.8 Å². The second-order valence-electron chi connectivity index (χ2n) is 8.81. The smallest absolute Gasteiger partial charge is 0.296 e. The molecule has 2 aromatic carbocycles. The summed E-state index contributed by atoms with van der Waals surface area (Å²) in [5, 5.41) is 0.466. The van der Waals surface area contributed by atoms with E-state index in [4.69, 9.17) is 4.42 Å². The van der Waals surface area contributed by atoms with Crippen molar-refractivity contribution in [1.82, 2.24) is 4.98 Å². The van der Waals surface area contributed by atoms with Crippen LogP contribution in [-0.4, -0.2) is 10.9 Å². The Morgan fingerprint density at radius 1 is 0.903 bits per heavy atom. The van der Waals surface area contributed by atoms with Gasteiger partial charge in [0, 0.05) is 6.20 Å². The van der Waals surface area contributed by atoms with Crippen molar-refractivity contribution in [2.75, 3.05) is 4.90 Å². The van der Waals surface area contributed by atoms with Crippen LogP contribution in [0, 0.1) is 0 Å². The summed E-state index contributed by atoms with van der Waals surface area (Å²) in [6.07, 6.45) is 1.64. The van der Waals surface area contributed by atoms with E-state index in [1.807, 2.05) is 18.2 Å². The van der Waals surface area contributed by atoms with Crippen molar-refractivity contribution in [3.8, 4) is 0 Å². The van der Waals surface area contributed by atoms with Crippen LogP contribution in [0.4, 0.5) is 5.82 Å². The summed E-state index contributed by atoms with van der Waals surface area (Å²) in [5.41, 5.74) is 2.59. The topological polar surface area (TPSA) is 63.4 Å². The van der Waals surface area contributed by atoms with Crippen molar-refractivity contribution >= 4 is 22.7 Å². The highest BCUT2D eigenvalue weighted by Gasteiger charge is 2.44. The molecule has 1 aliphatic rings. The van der Waals surface area contributed by atoms with Gasteiger partial charge in [-0.1, -0.05) is 63.2 Å². The largest absolute Gasteiger partial charge is 0.450 e. The molecule has 1 unspecified atom stereocenters. The lowest BCUT2D eigenvalue weighted by Crippen LogP contribution is -2.30. The number of para-hydroxylation sites is 1. The van der Waals surface area contributed by atoms with Crippen LogP contribution in [0.2, 0.25) is 0 Å². The van der Waals surface area contributed by atoms with E-state index < -0.39 is 6.04 Å². The highest BCUT2D eigenvalue weighted by molar-refractivity contribution is 6.10. The number of hydrogen-bond acceptors (Lipinski definition) is 4. The molecule has 1 atom stereocenters. The fourth-order valence-electron chi connectivity index (χ4n) is 4.13. The van der Waals surface area contributed by atoms with Gasteiger partial charge < -0.3 is 4.42 Å². The van der Waals surface area contributed by atoms with Crippen LogP contribution in [0.15, 0.2) is 82.1 Å². The van der Waals surface area contributed by atoms with Gasteiger partial charge in [0.25, 0.3) is 5.91 Å². The fourth-order valence-corrected chi connectivity index (χ4v) is 4.13. The molecule has 0 N–H and O–H groups in total. The maximum absolute atomic E-state index is 13.5. The van der Waals surface area contributed by atoms with Crippen LogP contribution < -0.4 is 10.3 Å². The summed E-state index contributed by atoms with van der Waals surface area (Å²) >= 11 is 0. The number of carbonyl (C=O) groups excluding carboxylic acids is 1. The van der Waals surface area contributed by atoms with Crippen molar-refractivity contribution in [3.05, 3.63) is 106 Å². The number of hydrogen-bond donors (Lipinski definition) is 0. The number of nitrogens with zero attached hydrogens (tertiary/aromatic N) is 2. The van der Waals surface area contributed by atoms with Crippen LogP contribution in [0.25, 0.3) is 11.0 Å². The van der Waals surface area contributed by atoms with Crippen molar-refractivity contribution in [2.45, 2.75) is 32.2 Å². The third kappa shape index (κ3) is 3.05. The zero-order chi connectivity index (χ0) is 21.8. The van der Waals surface area contributed by atoms with Crippen molar-refractivity contribution in [3.63, 3.8) is 0 Å². The molecule has 0 radical (unpaired) electrons. The predicted octanol–water partition coefficient (Wildman–Crippen LogP) is 5.24. The van der Waals surface area contributed by atoms with Gasteiger partial charge in [-0.25, -0.2) is 4.98 Å². The molecule has 5 rings (SSSR count). The average Bonchev–Trinajstić information content (AvgIpc) is 3.07. The monoisotopic (exact) mass is 410 g/mol. The number of rotatable bonds is 2. The molecule has 3 heterocycles. The molecule has 1 amide bonds. The van der Waals surface area contributed by atoms with E-state index in [0.29, 0.717) is 22.4 Å². The lowest BCUT2D eigenvalue weighted by molar-refractivity contribution is 0.0970. The molecule has 154 valence electrons. The maximum atomic E-state index is 13.5. The molecule has 0 fully saturated rings. The van der Waals surface area contributed by atoms with E-state index >= 15 is 0 Å². The second-order valence-corrected chi connectivity index (χ2v) is 8.81. The normalized spacial score (nSPS) is 16.0. The van der Waals surface area contributed by atoms with E-state index in [1.54, 1.807) is 47.5 Å². The first kappa shape index (κ1) is 19.2. The molecule has 5 heteroatoms. The summed E-state index contributed by atoms with van der Waals surface area (Å²) in [6, 6.07) is 19.9. The van der Waals surface area contributed by atoms with Crippen LogP contribution >= 0.6 is 0 Å². The van der Waals surface area contributed by atoms with Gasteiger partial charge in [0.1, 0.15) is 11.4 Å². The molecule has 5 nitrogen and oxygen atoms in total. The minimum absolute atomic E-state index is 0.00215. The summed E-state index contributed by atoms with van der Waals surface area (Å²) < 4.78 is 5.96. The van der Waals surface area contributed by atoms with Crippen molar-refractivity contribution in [2.24, 2.45) is 0 Å². The van der Waals surface area contributed by atoms with Gasteiger partial charge >= 0.3 is 0 Å². The Kier molecular flexibility index (Phi) is 4.29. The Morgan fingerprint density at radius 2 is 1.61 bits per heavy atom. The number of aromatic nitrogens is 1. The lowest BCUT2D eigenvalue weighted by Gasteiger charge is -2.25. The van der Waals surface area contributed by atoms with Crippen molar-refractivity contribution < 1.29 is 9.21 Å². The lowest BCUT2D eigenvalue weighted by atomic mass is 9.86. The first-order chi connectivity index (χ1) is 14.9. The van der Waals surface area contributed by atoms with Gasteiger partial charge in [-0.3, -0.25) is 14.5 Å². The number of anilines is 1. The first-order valence-electron chi connectivity index (χ1n) is 10.3. The molecular weight excluding hydrogens is 388 g/mol. The highest BCUT2D eigenvalue weighted by atomic mass is 16.3. The quantitative estimate of drug-likeness (QED) is 0.454. The third-order valence-electron chi connectivity index (χ3n) is 5.77. The minimum atomic E-state index is -0.604. The van der Waals surface area contributed by atoms with Gasteiger partial charge in [-0.15, -0.1) is 0 Å². The Balaban J connectivity index is 1.77. The predicted molar refractivity (Wildman–Crippen MR) is 121 cm³/mol. The number of benzene rings is 2. The highest BCUT2D eigenvalue weighted by Crippen LogP contribution is 2.40. The minimum Gasteiger partial charge on any atom is -0.450 e. The molecule has 0 saturated heterocycles. The van der Waals surface area contributed by atoms with Crippen LogP contribution in [0.3, 0.4) is 0 Å². The number of fused-ring (bicyclic) bond motifs is 2. The van der Waals surface area contributed by atoms with E-state index in [-0.39, 0.29) is 22.5 Å². The molecule has 0 saturated carbocycles. The Hall–Kier alpha value is -3.73. The summed E-state index contributed by atoms with van der Waals surface area (Å²) in [6.45, 7) is 6.45. The summed E-state index contributed by atoms with van der Waals surface area (Å²) in [5.74, 6) is 0.202. The fraction of sp³-hybridized carbons (Fsp3) is 0.192. The molecular formula is C26H22N2O3. The Morgan fingerprint density at radius 3 is 2.29 bits per heavy atom. The van der Waals surface area contributed by atoms with Crippen molar-refractivity contribution in [1.29, 1.82) is 0 Å². The van der Waals surface area contributed by atoms with Gasteiger partial charge in [-0.2, -0.15) is 0 Å². The average molecular weight is 410 g/mol. The zero-order valence-corrected chi connectivity index (χ0v) is 17.6. The van der Waals surface area contributed by atoms with Gasteiger partial charge in [0.15, 0.2) is 5.43 Å². The SMILES string of the molecule is CC(C)(C)c1ccc(C2c3c(oc4ccccc4c3=O)C(=O)N2c2ccccn2)cc1. The van der Waals surface area contributed by atoms with Crippen LogP contribution in [0.1, 0.15) is 54.1 Å². The Labute approximate surface area is 180 Å². The van der Waals surface area contributed by atoms with E-state index in [2.05, 4.69) is 37.9 Å². The zero-order valence-electron chi connectivity index (χ0n) is 17.6. The summed E-state index contributed by atoms with van der Waals surface area (Å²) in [7, 11) is 0. The summed E-state index contributed by atoms with van der Waals surface area (Å²) in [4.78, 5) is 32.9. The van der Waals surface area contributed by atoms with Crippen LogP contribution in [-0.2, 0) is 5.41 Å². The molecule has 4 aromatic rings. The first-order valence-corrected chi connectivity index (χ1v) is 10.3. The Bertz CT molecular complexity index is 1350. The van der Waals surface area contributed by atoms with Gasteiger partial charge in [0.05, 0.1) is 17.0 Å². The van der Waals surface area contributed by atoms with E-state index in [1.165, 1.54) is 5.56 Å². The molecule has 31 heavy (non-hydrogen) atoms. The standard InChI is InChI=1S/C26H22N2O3/c1-26(2,3)17-13-11-16(12-14-17)22-21-23(29)18-8-4-5-9-19(18)31-24(21)25(30)28(22)20-10-6-7-15-27-20/h4-15,22H,1-3H3. The van der Waals surface area contributed by atoms with E-state index in [0.717, 1.165) is 5.56 Å². The number of pyridine rings is 1. The second kappa shape index (κ2) is 6.91. The molecule has 0 aliphatic carbocycles. The molecule has 2 aromatic heterocycles. The molecule has 0 bridgehead atoms. The number of amides is 1. The van der Waals surface area contributed by atoms with Gasteiger partial charge in [0.2, 0.25) is 5.76 Å². The third-order valence-corrected chi connectivity index (χ3v) is 5.77. The molecule has 1 aliphatic heterocycles. The molecule has 0 spiro atoms. The van der Waals surface area contributed by atoms with E-state index in [9.17, 15) is 9.59 Å². The van der Waals surface area contributed by atoms with Crippen LogP contribution in [0.5, 0.6) is 0 Å². The maximum Gasteiger partial charge on any atom is 0.296 e. The number of carbonyl (C=O) groups is 1.